The van der Waals surface area contributed by atoms with E-state index in [1.807, 2.05) is 0 Å². The number of carbonyl (C=O) groups is 2. The van der Waals surface area contributed by atoms with Crippen LogP contribution in [0.3, 0.4) is 0 Å². The summed E-state index contributed by atoms with van der Waals surface area (Å²) in [5.41, 5.74) is 0.639. The maximum absolute atomic E-state index is 14.8. The summed E-state index contributed by atoms with van der Waals surface area (Å²) in [5.74, 6) is -4.46. The normalized spacial score (nSPS) is 12.2. The molecule has 2 aromatic carbocycles. The van der Waals surface area contributed by atoms with Gasteiger partial charge in [0, 0.05) is 16.6 Å². The SMILES string of the molecule is CCOC(=O)[C@H](C)c1c(C)n(C(=O)c2ccc(Cl)c(F)c2)c2ccc(O)c(F)c12. The predicted octanol–water partition coefficient (Wildman–Crippen LogP) is 4.94. The molecule has 0 fully saturated rings. The lowest BCUT2D eigenvalue weighted by Crippen LogP contribution is -2.16. The molecule has 3 rings (SSSR count). The molecule has 5 nitrogen and oxygen atoms in total. The van der Waals surface area contributed by atoms with E-state index in [-0.39, 0.29) is 39.4 Å². The highest BCUT2D eigenvalue weighted by Gasteiger charge is 2.30. The number of rotatable bonds is 4. The number of esters is 1. The Hall–Kier alpha value is -2.93. The molecular weight excluding hydrogens is 404 g/mol. The summed E-state index contributed by atoms with van der Waals surface area (Å²) in [7, 11) is 0. The third-order valence-electron chi connectivity index (χ3n) is 4.78. The number of fused-ring (bicyclic) bond motifs is 1. The Balaban J connectivity index is 2.29. The van der Waals surface area contributed by atoms with Crippen LogP contribution in [0.4, 0.5) is 8.78 Å². The molecule has 3 aromatic rings. The van der Waals surface area contributed by atoms with Gasteiger partial charge >= 0.3 is 5.97 Å². The lowest BCUT2D eigenvalue weighted by Gasteiger charge is -2.12. The maximum Gasteiger partial charge on any atom is 0.313 e. The van der Waals surface area contributed by atoms with E-state index in [1.54, 1.807) is 13.8 Å². The first kappa shape index (κ1) is 20.8. The number of aromatic hydroxyl groups is 1. The lowest BCUT2D eigenvalue weighted by molar-refractivity contribution is -0.144. The van der Waals surface area contributed by atoms with Crippen molar-refractivity contribution in [3.8, 4) is 5.75 Å². The fraction of sp³-hybridized carbons (Fsp3) is 0.238. The lowest BCUT2D eigenvalue weighted by atomic mass is 9.97. The summed E-state index contributed by atoms with van der Waals surface area (Å²) in [4.78, 5) is 25.4. The van der Waals surface area contributed by atoms with E-state index >= 15 is 0 Å². The molecule has 1 heterocycles. The van der Waals surface area contributed by atoms with Crippen molar-refractivity contribution in [2.24, 2.45) is 0 Å². The van der Waals surface area contributed by atoms with Crippen LogP contribution in [-0.2, 0) is 9.53 Å². The molecule has 0 amide bonds. The van der Waals surface area contributed by atoms with Crippen molar-refractivity contribution in [3.05, 3.63) is 63.8 Å². The second-order valence-corrected chi connectivity index (χ2v) is 6.94. The van der Waals surface area contributed by atoms with Crippen molar-refractivity contribution in [3.63, 3.8) is 0 Å². The van der Waals surface area contributed by atoms with Crippen molar-refractivity contribution in [1.29, 1.82) is 0 Å². The molecule has 0 unspecified atom stereocenters. The van der Waals surface area contributed by atoms with Crippen LogP contribution in [0.25, 0.3) is 10.9 Å². The number of benzene rings is 2. The van der Waals surface area contributed by atoms with Crippen molar-refractivity contribution in [2.75, 3.05) is 6.61 Å². The first-order chi connectivity index (χ1) is 13.7. The minimum Gasteiger partial charge on any atom is -0.505 e. The number of phenols is 1. The molecule has 0 aliphatic rings. The highest BCUT2D eigenvalue weighted by atomic mass is 35.5. The van der Waals surface area contributed by atoms with Crippen LogP contribution in [0.5, 0.6) is 5.75 Å². The van der Waals surface area contributed by atoms with Gasteiger partial charge < -0.3 is 9.84 Å². The van der Waals surface area contributed by atoms with Gasteiger partial charge in [-0.05, 0) is 56.7 Å². The molecule has 0 spiro atoms. The van der Waals surface area contributed by atoms with E-state index in [0.29, 0.717) is 0 Å². The average Bonchev–Trinajstić information content (AvgIpc) is 2.98. The molecule has 0 radical (unpaired) electrons. The van der Waals surface area contributed by atoms with Crippen LogP contribution in [0.1, 0.15) is 41.4 Å². The van der Waals surface area contributed by atoms with Gasteiger partial charge in [-0.2, -0.15) is 0 Å². The number of nitrogens with zero attached hydrogens (tertiary/aromatic N) is 1. The van der Waals surface area contributed by atoms with Crippen LogP contribution in [-0.4, -0.2) is 28.2 Å². The van der Waals surface area contributed by atoms with Gasteiger partial charge in [0.15, 0.2) is 11.6 Å². The Morgan fingerprint density at radius 1 is 1.24 bits per heavy atom. The minimum absolute atomic E-state index is 0.00396. The molecule has 0 saturated heterocycles. The van der Waals surface area contributed by atoms with Crippen LogP contribution in [0, 0.1) is 18.6 Å². The van der Waals surface area contributed by atoms with Crippen LogP contribution in [0.15, 0.2) is 30.3 Å². The van der Waals surface area contributed by atoms with Gasteiger partial charge in [0.2, 0.25) is 0 Å². The number of hydrogen-bond acceptors (Lipinski definition) is 4. The fourth-order valence-corrected chi connectivity index (χ4v) is 3.53. The Labute approximate surface area is 170 Å². The van der Waals surface area contributed by atoms with E-state index in [4.69, 9.17) is 16.3 Å². The number of carbonyl (C=O) groups excluding carboxylic acids is 2. The van der Waals surface area contributed by atoms with Crippen molar-refractivity contribution in [1.82, 2.24) is 4.57 Å². The average molecular weight is 422 g/mol. The first-order valence-corrected chi connectivity index (χ1v) is 9.25. The Bertz CT molecular complexity index is 1140. The van der Waals surface area contributed by atoms with E-state index in [2.05, 4.69) is 0 Å². The molecule has 1 atom stereocenters. The second kappa shape index (κ2) is 7.83. The number of hydrogen-bond donors (Lipinski definition) is 1. The molecular formula is C21H18ClF2NO4. The van der Waals surface area contributed by atoms with Gasteiger partial charge in [-0.25, -0.2) is 8.78 Å². The van der Waals surface area contributed by atoms with E-state index in [9.17, 15) is 23.5 Å². The predicted molar refractivity (Wildman–Crippen MR) is 104 cm³/mol. The number of halogens is 3. The molecule has 8 heteroatoms. The molecule has 1 N–H and O–H groups in total. The van der Waals surface area contributed by atoms with Gasteiger partial charge in [0.25, 0.3) is 5.91 Å². The topological polar surface area (TPSA) is 68.5 Å². The fourth-order valence-electron chi connectivity index (χ4n) is 3.41. The molecule has 152 valence electrons. The monoisotopic (exact) mass is 421 g/mol. The Morgan fingerprint density at radius 2 is 1.93 bits per heavy atom. The van der Waals surface area contributed by atoms with Gasteiger partial charge in [-0.1, -0.05) is 11.6 Å². The molecule has 0 aliphatic carbocycles. The zero-order valence-corrected chi connectivity index (χ0v) is 16.7. The first-order valence-electron chi connectivity index (χ1n) is 8.87. The minimum atomic E-state index is -0.953. The molecule has 29 heavy (non-hydrogen) atoms. The Kier molecular flexibility index (Phi) is 5.61. The van der Waals surface area contributed by atoms with E-state index < -0.39 is 35.2 Å². The largest absolute Gasteiger partial charge is 0.505 e. The summed E-state index contributed by atoms with van der Waals surface area (Å²) >= 11 is 5.68. The summed E-state index contributed by atoms with van der Waals surface area (Å²) in [6.07, 6.45) is 0. The van der Waals surface area contributed by atoms with E-state index in [0.717, 1.165) is 12.1 Å². The second-order valence-electron chi connectivity index (χ2n) is 6.54. The van der Waals surface area contributed by atoms with Gasteiger partial charge in [0.05, 0.1) is 23.1 Å². The Morgan fingerprint density at radius 3 is 2.55 bits per heavy atom. The quantitative estimate of drug-likeness (QED) is 0.606. The highest BCUT2D eigenvalue weighted by molar-refractivity contribution is 6.30. The molecule has 0 aliphatic heterocycles. The number of aromatic nitrogens is 1. The molecule has 1 aromatic heterocycles. The third kappa shape index (κ3) is 3.46. The highest BCUT2D eigenvalue weighted by Crippen LogP contribution is 2.37. The van der Waals surface area contributed by atoms with Crippen LogP contribution >= 0.6 is 11.6 Å². The standard InChI is InChI=1S/C21H18ClF2NO4/c1-4-29-21(28)10(2)17-11(3)25(15-7-8-16(26)19(24)18(15)17)20(27)12-5-6-13(22)14(23)9-12/h5-10,26H,4H2,1-3H3/t10-/m1/s1. The summed E-state index contributed by atoms with van der Waals surface area (Å²) in [6.45, 7) is 4.86. The summed E-state index contributed by atoms with van der Waals surface area (Å²) in [5, 5.41) is 9.64. The molecule has 0 bridgehead atoms. The number of ether oxygens (including phenoxy) is 1. The van der Waals surface area contributed by atoms with Crippen molar-refractivity contribution >= 4 is 34.4 Å². The van der Waals surface area contributed by atoms with Crippen LogP contribution in [0.2, 0.25) is 5.02 Å². The van der Waals surface area contributed by atoms with Crippen LogP contribution < -0.4 is 0 Å². The van der Waals surface area contributed by atoms with E-state index in [1.165, 1.54) is 29.7 Å². The zero-order valence-electron chi connectivity index (χ0n) is 15.9. The summed E-state index contributed by atoms with van der Waals surface area (Å²) in [6, 6.07) is 6.07. The van der Waals surface area contributed by atoms with Crippen molar-refractivity contribution < 1.29 is 28.2 Å². The van der Waals surface area contributed by atoms with Gasteiger partial charge in [0.1, 0.15) is 5.82 Å². The van der Waals surface area contributed by atoms with Gasteiger partial charge in [-0.15, -0.1) is 0 Å². The maximum atomic E-state index is 14.8. The molecule has 0 saturated carbocycles. The smallest absolute Gasteiger partial charge is 0.313 e. The summed E-state index contributed by atoms with van der Waals surface area (Å²) < 4.78 is 34.9. The van der Waals surface area contributed by atoms with Gasteiger partial charge in [-0.3, -0.25) is 14.2 Å². The number of phenolic OH excluding ortho intramolecular Hbond substituents is 1. The van der Waals surface area contributed by atoms with Crippen molar-refractivity contribution in [2.45, 2.75) is 26.7 Å². The zero-order chi connectivity index (χ0) is 21.5. The third-order valence-corrected chi connectivity index (χ3v) is 5.08.